The highest BCUT2D eigenvalue weighted by Crippen LogP contribution is 2.26. The number of hydrogen-bond donors (Lipinski definition) is 0. The number of piperidine rings is 2. The van der Waals surface area contributed by atoms with Gasteiger partial charge in [-0.3, -0.25) is 9.59 Å². The monoisotopic (exact) mass is 572 g/mol. The standard InChI is InChI=1S/C34H41FN4O3/c1-37(2)28-11-6-25(7-12-28)8-13-30(40)22-26-9-10-27(35)23-32(26)34(41)39-20-15-31(16-21-39)42-33-24-29(14-17-36-33)38-18-4-3-5-19-38/h6-7,9-12,14,17,23-24,31H,3-5,8,13,15-16,18-22H2,1-2H3. The molecule has 3 aromatic rings. The summed E-state index contributed by atoms with van der Waals surface area (Å²) in [6.07, 6.45) is 7.87. The molecule has 0 N–H and O–H groups in total. The summed E-state index contributed by atoms with van der Waals surface area (Å²) < 4.78 is 20.5. The van der Waals surface area contributed by atoms with Crippen molar-refractivity contribution in [3.63, 3.8) is 0 Å². The fourth-order valence-corrected chi connectivity index (χ4v) is 5.78. The summed E-state index contributed by atoms with van der Waals surface area (Å²) in [7, 11) is 3.98. The lowest BCUT2D eigenvalue weighted by Gasteiger charge is -2.33. The molecule has 8 heteroatoms. The minimum Gasteiger partial charge on any atom is -0.474 e. The minimum absolute atomic E-state index is 0.0266. The van der Waals surface area contributed by atoms with Crippen LogP contribution in [0.15, 0.2) is 60.8 Å². The summed E-state index contributed by atoms with van der Waals surface area (Å²) >= 11 is 0. The number of rotatable bonds is 10. The normalized spacial score (nSPS) is 15.9. The highest BCUT2D eigenvalue weighted by atomic mass is 19.1. The van der Waals surface area contributed by atoms with Gasteiger partial charge in [0.15, 0.2) is 0 Å². The van der Waals surface area contributed by atoms with Crippen LogP contribution in [0.1, 0.15) is 60.0 Å². The van der Waals surface area contributed by atoms with E-state index >= 15 is 0 Å². The number of Topliss-reactive ketones (excluding diaryl/α,β-unsaturated/α-hetero) is 1. The van der Waals surface area contributed by atoms with Crippen molar-refractivity contribution in [1.29, 1.82) is 0 Å². The Bertz CT molecular complexity index is 1360. The van der Waals surface area contributed by atoms with Crippen molar-refractivity contribution in [2.24, 2.45) is 0 Å². The fraction of sp³-hybridized carbons (Fsp3) is 0.441. The van der Waals surface area contributed by atoms with Gasteiger partial charge in [0.25, 0.3) is 5.91 Å². The van der Waals surface area contributed by atoms with Gasteiger partial charge in [-0.2, -0.15) is 0 Å². The van der Waals surface area contributed by atoms with E-state index in [-0.39, 0.29) is 29.8 Å². The van der Waals surface area contributed by atoms with Gasteiger partial charge >= 0.3 is 0 Å². The lowest BCUT2D eigenvalue weighted by Crippen LogP contribution is -2.42. The van der Waals surface area contributed by atoms with E-state index in [0.717, 1.165) is 30.0 Å². The first-order valence-corrected chi connectivity index (χ1v) is 15.1. The molecule has 3 heterocycles. The Morgan fingerprint density at radius 3 is 2.40 bits per heavy atom. The zero-order chi connectivity index (χ0) is 29.5. The summed E-state index contributed by atoms with van der Waals surface area (Å²) in [4.78, 5) is 36.9. The van der Waals surface area contributed by atoms with Crippen molar-refractivity contribution in [2.75, 3.05) is 50.1 Å². The van der Waals surface area contributed by atoms with Crippen LogP contribution in [0.2, 0.25) is 0 Å². The number of pyridine rings is 1. The summed E-state index contributed by atoms with van der Waals surface area (Å²) in [6.45, 7) is 3.12. The average Bonchev–Trinajstić information content (AvgIpc) is 3.02. The number of ether oxygens (including phenoxy) is 1. The van der Waals surface area contributed by atoms with Crippen LogP contribution >= 0.6 is 0 Å². The van der Waals surface area contributed by atoms with E-state index in [1.54, 1.807) is 17.2 Å². The first-order valence-electron chi connectivity index (χ1n) is 15.1. The van der Waals surface area contributed by atoms with Gasteiger partial charge in [-0.05, 0) is 67.1 Å². The van der Waals surface area contributed by atoms with E-state index in [1.807, 2.05) is 55.4 Å². The van der Waals surface area contributed by atoms with Gasteiger partial charge in [-0.25, -0.2) is 9.37 Å². The number of halogens is 1. The summed E-state index contributed by atoms with van der Waals surface area (Å²) in [5.74, 6) is -0.0742. The van der Waals surface area contributed by atoms with Crippen molar-refractivity contribution >= 4 is 23.1 Å². The zero-order valence-corrected chi connectivity index (χ0v) is 24.7. The van der Waals surface area contributed by atoms with Crippen LogP contribution in [-0.2, 0) is 17.6 Å². The van der Waals surface area contributed by atoms with Gasteiger partial charge in [0.05, 0.1) is 0 Å². The van der Waals surface area contributed by atoms with Crippen molar-refractivity contribution in [3.05, 3.63) is 83.3 Å². The molecule has 42 heavy (non-hydrogen) atoms. The predicted octanol–water partition coefficient (Wildman–Crippen LogP) is 5.71. The number of aryl methyl sites for hydroxylation is 1. The van der Waals surface area contributed by atoms with Crippen molar-refractivity contribution < 1.29 is 18.7 Å². The Morgan fingerprint density at radius 1 is 0.952 bits per heavy atom. The van der Waals surface area contributed by atoms with Crippen molar-refractivity contribution in [1.82, 2.24) is 9.88 Å². The summed E-state index contributed by atoms with van der Waals surface area (Å²) in [5, 5.41) is 0. The first-order chi connectivity index (χ1) is 20.4. The zero-order valence-electron chi connectivity index (χ0n) is 24.7. The summed E-state index contributed by atoms with van der Waals surface area (Å²) in [6, 6.07) is 16.3. The van der Waals surface area contributed by atoms with Gasteiger partial charge < -0.3 is 19.4 Å². The third-order valence-electron chi connectivity index (χ3n) is 8.29. The molecule has 0 saturated carbocycles. The van der Waals surface area contributed by atoms with Crippen LogP contribution in [0, 0.1) is 5.82 Å². The van der Waals surface area contributed by atoms with E-state index in [9.17, 15) is 14.0 Å². The molecule has 1 aromatic heterocycles. The molecule has 0 spiro atoms. The quantitative estimate of drug-likeness (QED) is 0.310. The van der Waals surface area contributed by atoms with Crippen molar-refractivity contribution in [2.45, 2.75) is 57.5 Å². The molecule has 0 unspecified atom stereocenters. The molecule has 2 saturated heterocycles. The van der Waals surface area contributed by atoms with Gasteiger partial charge in [0.1, 0.15) is 17.7 Å². The molecule has 2 aliphatic rings. The summed E-state index contributed by atoms with van der Waals surface area (Å²) in [5.41, 5.74) is 4.18. The predicted molar refractivity (Wildman–Crippen MR) is 164 cm³/mol. The van der Waals surface area contributed by atoms with Crippen LogP contribution in [0.3, 0.4) is 0 Å². The molecular weight excluding hydrogens is 531 g/mol. The van der Waals surface area contributed by atoms with Crippen molar-refractivity contribution in [3.8, 4) is 5.88 Å². The van der Waals surface area contributed by atoms with Gasteiger partial charge in [0, 0.05) is 95.2 Å². The second kappa shape index (κ2) is 13.8. The fourth-order valence-electron chi connectivity index (χ4n) is 5.78. The number of aromatic nitrogens is 1. The molecule has 0 atom stereocenters. The van der Waals surface area contributed by atoms with Crippen LogP contribution in [-0.4, -0.2) is 68.0 Å². The van der Waals surface area contributed by atoms with E-state index in [0.29, 0.717) is 50.2 Å². The molecule has 7 nitrogen and oxygen atoms in total. The van der Waals surface area contributed by atoms with E-state index < -0.39 is 5.82 Å². The van der Waals surface area contributed by atoms with Crippen LogP contribution in [0.25, 0.3) is 0 Å². The number of likely N-dealkylation sites (tertiary alicyclic amines) is 1. The van der Waals surface area contributed by atoms with Crippen LogP contribution in [0.4, 0.5) is 15.8 Å². The molecular formula is C34H41FN4O3. The maximum absolute atomic E-state index is 14.3. The Hall–Kier alpha value is -3.94. The largest absolute Gasteiger partial charge is 0.474 e. The lowest BCUT2D eigenvalue weighted by atomic mass is 9.97. The van der Waals surface area contributed by atoms with E-state index in [1.165, 1.54) is 31.4 Å². The molecule has 2 fully saturated rings. The average molecular weight is 573 g/mol. The highest BCUT2D eigenvalue weighted by Gasteiger charge is 2.27. The molecule has 0 aliphatic carbocycles. The molecule has 0 radical (unpaired) electrons. The Kier molecular flexibility index (Phi) is 9.72. The van der Waals surface area contributed by atoms with Gasteiger partial charge in [-0.15, -0.1) is 0 Å². The van der Waals surface area contributed by atoms with Gasteiger partial charge in [0.2, 0.25) is 5.88 Å². The third-order valence-corrected chi connectivity index (χ3v) is 8.29. The molecule has 222 valence electrons. The number of hydrogen-bond acceptors (Lipinski definition) is 6. The SMILES string of the molecule is CN(C)c1ccc(CCC(=O)Cc2ccc(F)cc2C(=O)N2CCC(Oc3cc(N4CCCCC4)ccn3)CC2)cc1. The molecule has 1 amide bonds. The second-order valence-electron chi connectivity index (χ2n) is 11.6. The maximum atomic E-state index is 14.3. The Labute approximate surface area is 248 Å². The molecule has 2 aromatic carbocycles. The van der Waals surface area contributed by atoms with Gasteiger partial charge in [-0.1, -0.05) is 18.2 Å². The Morgan fingerprint density at radius 2 is 1.69 bits per heavy atom. The number of carbonyl (C=O) groups excluding carboxylic acids is 2. The number of nitrogens with zero attached hydrogens (tertiary/aromatic N) is 4. The minimum atomic E-state index is -0.478. The van der Waals surface area contributed by atoms with Crippen LogP contribution < -0.4 is 14.5 Å². The number of ketones is 1. The maximum Gasteiger partial charge on any atom is 0.254 e. The Balaban J connectivity index is 1.15. The third kappa shape index (κ3) is 7.66. The molecule has 0 bridgehead atoms. The number of benzene rings is 2. The number of amides is 1. The molecule has 2 aliphatic heterocycles. The number of carbonyl (C=O) groups is 2. The number of anilines is 2. The highest BCUT2D eigenvalue weighted by molar-refractivity contribution is 5.97. The molecule has 5 rings (SSSR count). The first kappa shape index (κ1) is 29.5. The topological polar surface area (TPSA) is 66.0 Å². The van der Waals surface area contributed by atoms with E-state index in [4.69, 9.17) is 4.74 Å². The second-order valence-corrected chi connectivity index (χ2v) is 11.6. The van der Waals surface area contributed by atoms with E-state index in [2.05, 4.69) is 9.88 Å². The van der Waals surface area contributed by atoms with Crippen LogP contribution in [0.5, 0.6) is 5.88 Å². The lowest BCUT2D eigenvalue weighted by molar-refractivity contribution is -0.118. The smallest absolute Gasteiger partial charge is 0.254 e.